The highest BCUT2D eigenvalue weighted by Gasteiger charge is 2.43. The minimum atomic E-state index is -0.0864. The summed E-state index contributed by atoms with van der Waals surface area (Å²) in [6.45, 7) is 12.8. The lowest BCUT2D eigenvalue weighted by molar-refractivity contribution is -0.133. The van der Waals surface area contributed by atoms with Crippen LogP contribution in [0.1, 0.15) is 51.9 Å². The first-order chi connectivity index (χ1) is 9.82. The van der Waals surface area contributed by atoms with Gasteiger partial charge in [-0.25, -0.2) is 0 Å². The van der Waals surface area contributed by atoms with E-state index in [2.05, 4.69) is 71.1 Å². The van der Waals surface area contributed by atoms with Gasteiger partial charge < -0.3 is 4.90 Å². The lowest BCUT2D eigenvalue weighted by Crippen LogP contribution is -2.41. The maximum absolute atomic E-state index is 12.8. The van der Waals surface area contributed by atoms with Gasteiger partial charge in [0.2, 0.25) is 5.91 Å². The lowest BCUT2D eigenvalue weighted by atomic mass is 10.0. The third kappa shape index (κ3) is 3.13. The van der Waals surface area contributed by atoms with Crippen LogP contribution >= 0.6 is 0 Å². The normalized spacial score (nSPS) is 24.2. The Hall–Kier alpha value is -1.35. The average molecular weight is 288 g/mol. The van der Waals surface area contributed by atoms with Crippen LogP contribution in [0.4, 0.5) is 0 Å². The summed E-state index contributed by atoms with van der Waals surface area (Å²) in [7, 11) is 0. The Morgan fingerprint density at radius 3 is 2.33 bits per heavy atom. The molecule has 1 saturated heterocycles. The summed E-state index contributed by atoms with van der Waals surface area (Å²) >= 11 is 0. The molecule has 0 aliphatic carbocycles. The number of carbonyl (C=O) groups is 1. The zero-order chi connectivity index (χ0) is 15.7. The molecular formula is C18H28N2O. The van der Waals surface area contributed by atoms with E-state index in [1.165, 1.54) is 11.1 Å². The molecule has 0 saturated carbocycles. The highest BCUT2D eigenvalue weighted by atomic mass is 16.2. The van der Waals surface area contributed by atoms with Crippen molar-refractivity contribution in [3.63, 3.8) is 0 Å². The van der Waals surface area contributed by atoms with Gasteiger partial charge in [-0.15, -0.1) is 0 Å². The summed E-state index contributed by atoms with van der Waals surface area (Å²) in [5.41, 5.74) is 2.41. The Morgan fingerprint density at radius 1 is 1.14 bits per heavy atom. The van der Waals surface area contributed by atoms with Gasteiger partial charge in [-0.05, 0) is 31.2 Å². The molecule has 1 aliphatic rings. The molecule has 21 heavy (non-hydrogen) atoms. The number of amides is 1. The summed E-state index contributed by atoms with van der Waals surface area (Å²) in [6.07, 6.45) is -0.0119. The second-order valence-electron chi connectivity index (χ2n) is 6.94. The summed E-state index contributed by atoms with van der Waals surface area (Å²) in [5, 5.41) is 3.55. The van der Waals surface area contributed by atoms with Crippen molar-refractivity contribution in [2.24, 2.45) is 11.8 Å². The van der Waals surface area contributed by atoms with Crippen molar-refractivity contribution in [2.45, 2.75) is 59.8 Å². The minimum Gasteiger partial charge on any atom is -0.319 e. The van der Waals surface area contributed by atoms with Crippen LogP contribution in [0.3, 0.4) is 0 Å². The molecule has 2 rings (SSSR count). The second-order valence-corrected chi connectivity index (χ2v) is 6.94. The molecule has 3 nitrogen and oxygen atoms in total. The van der Waals surface area contributed by atoms with Crippen molar-refractivity contribution >= 4 is 5.91 Å². The Morgan fingerprint density at radius 2 is 1.81 bits per heavy atom. The predicted octanol–water partition coefficient (Wildman–Crippen LogP) is 3.49. The lowest BCUT2D eigenvalue weighted by Gasteiger charge is -2.33. The van der Waals surface area contributed by atoms with Gasteiger partial charge in [0, 0.05) is 6.04 Å². The van der Waals surface area contributed by atoms with Crippen LogP contribution in [-0.4, -0.2) is 22.9 Å². The molecule has 1 aromatic carbocycles. The van der Waals surface area contributed by atoms with Gasteiger partial charge in [0.05, 0.1) is 6.04 Å². The van der Waals surface area contributed by atoms with Crippen molar-refractivity contribution in [1.29, 1.82) is 0 Å². The Balaban J connectivity index is 2.38. The van der Waals surface area contributed by atoms with Gasteiger partial charge in [0.15, 0.2) is 0 Å². The SMILES string of the molecule is Cc1cccc(C2NC(C(C)C)C(=O)N2C(C)C(C)C)c1. The van der Waals surface area contributed by atoms with E-state index in [-0.39, 0.29) is 24.2 Å². The van der Waals surface area contributed by atoms with E-state index in [0.29, 0.717) is 11.8 Å². The third-order valence-corrected chi connectivity index (χ3v) is 4.56. The molecule has 1 fully saturated rings. The van der Waals surface area contributed by atoms with Crippen LogP contribution < -0.4 is 5.32 Å². The van der Waals surface area contributed by atoms with Crippen LogP contribution in [0.5, 0.6) is 0 Å². The number of nitrogens with one attached hydrogen (secondary N) is 1. The number of benzene rings is 1. The van der Waals surface area contributed by atoms with Crippen LogP contribution in [0.2, 0.25) is 0 Å². The molecule has 3 heteroatoms. The summed E-state index contributed by atoms with van der Waals surface area (Å²) in [5.74, 6) is 0.973. The zero-order valence-corrected chi connectivity index (χ0v) is 14.1. The smallest absolute Gasteiger partial charge is 0.241 e. The fourth-order valence-electron chi connectivity index (χ4n) is 2.94. The van der Waals surface area contributed by atoms with Crippen LogP contribution in [0, 0.1) is 18.8 Å². The number of aryl methyl sites for hydroxylation is 1. The quantitative estimate of drug-likeness (QED) is 0.919. The highest BCUT2D eigenvalue weighted by molar-refractivity contribution is 5.85. The molecule has 1 aliphatic heterocycles. The first-order valence-corrected chi connectivity index (χ1v) is 7.97. The standard InChI is InChI=1S/C18H28N2O/c1-11(2)14(6)20-17(15-9-7-8-13(5)10-15)19-16(12(3)4)18(20)21/h7-12,14,16-17,19H,1-6H3. The first-order valence-electron chi connectivity index (χ1n) is 7.97. The molecule has 1 N–H and O–H groups in total. The number of nitrogens with zero attached hydrogens (tertiary/aromatic N) is 1. The van der Waals surface area contributed by atoms with E-state index in [1.54, 1.807) is 0 Å². The van der Waals surface area contributed by atoms with Gasteiger partial charge >= 0.3 is 0 Å². The van der Waals surface area contributed by atoms with E-state index < -0.39 is 0 Å². The van der Waals surface area contributed by atoms with Gasteiger partial charge in [-0.2, -0.15) is 0 Å². The molecule has 1 amide bonds. The molecule has 1 heterocycles. The van der Waals surface area contributed by atoms with Crippen molar-refractivity contribution in [3.8, 4) is 0 Å². The third-order valence-electron chi connectivity index (χ3n) is 4.56. The molecule has 1 aromatic rings. The predicted molar refractivity (Wildman–Crippen MR) is 86.8 cm³/mol. The van der Waals surface area contributed by atoms with Gasteiger partial charge in [-0.1, -0.05) is 57.5 Å². The van der Waals surface area contributed by atoms with Crippen molar-refractivity contribution in [1.82, 2.24) is 10.2 Å². The zero-order valence-electron chi connectivity index (χ0n) is 14.1. The van der Waals surface area contributed by atoms with Crippen LogP contribution in [-0.2, 0) is 4.79 Å². The Bertz CT molecular complexity index is 510. The molecule has 0 radical (unpaired) electrons. The monoisotopic (exact) mass is 288 g/mol. The minimum absolute atomic E-state index is 0.0119. The largest absolute Gasteiger partial charge is 0.319 e. The molecule has 3 atom stereocenters. The van der Waals surface area contributed by atoms with Crippen molar-refractivity contribution in [3.05, 3.63) is 35.4 Å². The number of rotatable bonds is 4. The fraction of sp³-hybridized carbons (Fsp3) is 0.611. The van der Waals surface area contributed by atoms with Crippen LogP contribution in [0.25, 0.3) is 0 Å². The first kappa shape index (κ1) is 16.0. The summed E-state index contributed by atoms with van der Waals surface area (Å²) < 4.78 is 0. The van der Waals surface area contributed by atoms with E-state index in [4.69, 9.17) is 0 Å². The van der Waals surface area contributed by atoms with Crippen LogP contribution in [0.15, 0.2) is 24.3 Å². The maximum atomic E-state index is 12.8. The number of carbonyl (C=O) groups excluding carboxylic acids is 1. The summed E-state index contributed by atoms with van der Waals surface area (Å²) in [4.78, 5) is 14.9. The maximum Gasteiger partial charge on any atom is 0.241 e. The molecule has 3 unspecified atom stereocenters. The van der Waals surface area contributed by atoms with Gasteiger partial charge in [0.1, 0.15) is 6.17 Å². The van der Waals surface area contributed by atoms with Crippen molar-refractivity contribution < 1.29 is 4.79 Å². The van der Waals surface area contributed by atoms with E-state index in [0.717, 1.165) is 0 Å². The molecular weight excluding hydrogens is 260 g/mol. The topological polar surface area (TPSA) is 32.3 Å². The fourth-order valence-corrected chi connectivity index (χ4v) is 2.94. The summed E-state index contributed by atoms with van der Waals surface area (Å²) in [6, 6.07) is 8.58. The van der Waals surface area contributed by atoms with E-state index in [1.807, 2.05) is 4.90 Å². The molecule has 0 bridgehead atoms. The van der Waals surface area contributed by atoms with E-state index in [9.17, 15) is 4.79 Å². The Kier molecular flexibility index (Phi) is 4.72. The average Bonchev–Trinajstić information content (AvgIpc) is 2.75. The number of hydrogen-bond donors (Lipinski definition) is 1. The van der Waals surface area contributed by atoms with E-state index >= 15 is 0 Å². The van der Waals surface area contributed by atoms with Gasteiger partial charge in [0.25, 0.3) is 0 Å². The Labute approximate surface area is 128 Å². The highest BCUT2D eigenvalue weighted by Crippen LogP contribution is 2.32. The number of hydrogen-bond acceptors (Lipinski definition) is 2. The van der Waals surface area contributed by atoms with Crippen molar-refractivity contribution in [2.75, 3.05) is 0 Å². The molecule has 116 valence electrons. The van der Waals surface area contributed by atoms with Gasteiger partial charge in [-0.3, -0.25) is 10.1 Å². The molecule has 0 spiro atoms. The molecule has 0 aromatic heterocycles. The second kappa shape index (κ2) is 6.18.